The molecule has 0 radical (unpaired) electrons. The van der Waals surface area contributed by atoms with E-state index in [0.29, 0.717) is 58.3 Å². The Bertz CT molecular complexity index is 1020. The van der Waals surface area contributed by atoms with Crippen molar-refractivity contribution >= 4 is 23.2 Å². The number of carbonyl (C=O) groups is 2. The van der Waals surface area contributed by atoms with Crippen LogP contribution in [0.2, 0.25) is 0 Å². The molecule has 0 N–H and O–H groups in total. The van der Waals surface area contributed by atoms with E-state index in [1.807, 2.05) is 15.2 Å². The highest BCUT2D eigenvalue weighted by Gasteiger charge is 2.28. The van der Waals surface area contributed by atoms with E-state index in [1.54, 1.807) is 19.2 Å². The largest absolute Gasteiger partial charge is 0.382 e. The molecule has 2 fully saturated rings. The van der Waals surface area contributed by atoms with Crippen molar-refractivity contribution in [1.82, 2.24) is 19.7 Å². The van der Waals surface area contributed by atoms with Crippen molar-refractivity contribution in [2.75, 3.05) is 79.4 Å². The van der Waals surface area contributed by atoms with Gasteiger partial charge in [-0.1, -0.05) is 12.1 Å². The van der Waals surface area contributed by atoms with Crippen LogP contribution in [0.4, 0.5) is 4.39 Å². The molecule has 1 aromatic carbocycles. The fraction of sp³-hybridized carbons (Fsp3) is 0.593. The number of carbonyl (C=O) groups excluding carboxylic acids is 2. The maximum absolute atomic E-state index is 13.1. The highest BCUT2D eigenvalue weighted by molar-refractivity contribution is 7.09. The van der Waals surface area contributed by atoms with Crippen molar-refractivity contribution in [3.63, 3.8) is 0 Å². The number of amides is 2. The van der Waals surface area contributed by atoms with E-state index in [4.69, 9.17) is 19.2 Å². The lowest BCUT2D eigenvalue weighted by molar-refractivity contribution is -0.137. The van der Waals surface area contributed by atoms with Gasteiger partial charge in [-0.25, -0.2) is 9.37 Å². The Hall–Kier alpha value is -2.44. The van der Waals surface area contributed by atoms with Gasteiger partial charge in [0.2, 0.25) is 5.91 Å². The van der Waals surface area contributed by atoms with Gasteiger partial charge in [0.15, 0.2) is 0 Å². The molecule has 2 aromatic rings. The first kappa shape index (κ1) is 28.6. The van der Waals surface area contributed by atoms with Gasteiger partial charge in [-0.2, -0.15) is 0 Å². The SMILES string of the molecule is COCCOCCOCC(=O)N1CCC(c2nc(C(=O)N3CCN(Cc4ccc(F)cc4)CC3)cs2)CC1. The molecule has 0 atom stereocenters. The van der Waals surface area contributed by atoms with Crippen LogP contribution in [0.15, 0.2) is 29.6 Å². The zero-order chi connectivity index (χ0) is 26.7. The number of ether oxygens (including phenoxy) is 3. The molecule has 1 aromatic heterocycles. The van der Waals surface area contributed by atoms with E-state index in [1.165, 1.54) is 23.5 Å². The molecule has 0 bridgehead atoms. The van der Waals surface area contributed by atoms with E-state index < -0.39 is 0 Å². The van der Waals surface area contributed by atoms with E-state index in [0.717, 1.165) is 43.0 Å². The summed E-state index contributed by atoms with van der Waals surface area (Å²) in [5.41, 5.74) is 1.58. The van der Waals surface area contributed by atoms with Gasteiger partial charge in [0.25, 0.3) is 5.91 Å². The number of halogens is 1. The van der Waals surface area contributed by atoms with Gasteiger partial charge in [0, 0.05) is 64.2 Å². The molecule has 3 heterocycles. The van der Waals surface area contributed by atoms with Gasteiger partial charge in [-0.05, 0) is 30.5 Å². The number of piperidine rings is 1. The molecule has 2 aliphatic rings. The molecule has 2 amide bonds. The summed E-state index contributed by atoms with van der Waals surface area (Å²) >= 11 is 1.54. The summed E-state index contributed by atoms with van der Waals surface area (Å²) in [5, 5.41) is 2.84. The fourth-order valence-electron chi connectivity index (χ4n) is 4.68. The first-order valence-electron chi connectivity index (χ1n) is 13.2. The van der Waals surface area contributed by atoms with Crippen LogP contribution in [0.3, 0.4) is 0 Å². The van der Waals surface area contributed by atoms with E-state index >= 15 is 0 Å². The number of rotatable bonds is 12. The van der Waals surface area contributed by atoms with Crippen LogP contribution < -0.4 is 0 Å². The summed E-state index contributed by atoms with van der Waals surface area (Å²) < 4.78 is 28.8. The quantitative estimate of drug-likeness (QED) is 0.377. The average molecular weight is 549 g/mol. The summed E-state index contributed by atoms with van der Waals surface area (Å²) in [6.45, 7) is 6.86. The topological polar surface area (TPSA) is 84.4 Å². The summed E-state index contributed by atoms with van der Waals surface area (Å²) in [6, 6.07) is 6.57. The molecule has 2 saturated heterocycles. The predicted molar refractivity (Wildman–Crippen MR) is 142 cm³/mol. The second kappa shape index (κ2) is 14.6. The van der Waals surface area contributed by atoms with Crippen LogP contribution in [0.25, 0.3) is 0 Å². The Morgan fingerprint density at radius 3 is 2.34 bits per heavy atom. The molecule has 11 heteroatoms. The minimum absolute atomic E-state index is 0.00563. The number of benzene rings is 1. The molecule has 208 valence electrons. The van der Waals surface area contributed by atoms with Gasteiger partial charge in [0.1, 0.15) is 18.1 Å². The van der Waals surface area contributed by atoms with Crippen LogP contribution in [-0.4, -0.2) is 111 Å². The van der Waals surface area contributed by atoms with Crippen molar-refractivity contribution in [1.29, 1.82) is 0 Å². The molecule has 0 saturated carbocycles. The minimum atomic E-state index is -0.230. The van der Waals surface area contributed by atoms with E-state index in [2.05, 4.69) is 4.90 Å². The third-order valence-electron chi connectivity index (χ3n) is 6.95. The average Bonchev–Trinajstić information content (AvgIpc) is 3.44. The van der Waals surface area contributed by atoms with Crippen LogP contribution >= 0.6 is 11.3 Å². The third kappa shape index (κ3) is 8.28. The number of nitrogens with zero attached hydrogens (tertiary/aromatic N) is 4. The number of thiazole rings is 1. The maximum Gasteiger partial charge on any atom is 0.273 e. The first-order chi connectivity index (χ1) is 18.5. The lowest BCUT2D eigenvalue weighted by atomic mass is 9.97. The van der Waals surface area contributed by atoms with Crippen molar-refractivity contribution < 1.29 is 28.2 Å². The molecule has 0 aliphatic carbocycles. The van der Waals surface area contributed by atoms with E-state index in [-0.39, 0.29) is 30.2 Å². The van der Waals surface area contributed by atoms with Gasteiger partial charge >= 0.3 is 0 Å². The standard InChI is InChI=1S/C27H37FN4O5S/c1-35-14-15-36-16-17-37-19-25(33)31-8-6-22(7-9-31)26-29-24(20-38-26)27(34)32-12-10-30(11-13-32)18-21-2-4-23(28)5-3-21/h2-5,20,22H,6-19H2,1H3. The summed E-state index contributed by atoms with van der Waals surface area (Å²) in [6.07, 6.45) is 1.66. The molecule has 2 aliphatic heterocycles. The normalized spacial score (nSPS) is 17.2. The first-order valence-corrected chi connectivity index (χ1v) is 14.0. The van der Waals surface area contributed by atoms with Crippen molar-refractivity contribution in [2.24, 2.45) is 0 Å². The zero-order valence-electron chi connectivity index (χ0n) is 22.0. The second-order valence-electron chi connectivity index (χ2n) is 9.58. The number of aromatic nitrogens is 1. The highest BCUT2D eigenvalue weighted by atomic mass is 32.1. The number of piperazine rings is 1. The lowest BCUT2D eigenvalue weighted by Crippen LogP contribution is -2.48. The zero-order valence-corrected chi connectivity index (χ0v) is 22.8. The Labute approximate surface area is 227 Å². The smallest absolute Gasteiger partial charge is 0.273 e. The number of hydrogen-bond acceptors (Lipinski definition) is 8. The Morgan fingerprint density at radius 1 is 0.947 bits per heavy atom. The van der Waals surface area contributed by atoms with Crippen LogP contribution in [0, 0.1) is 5.82 Å². The highest BCUT2D eigenvalue weighted by Crippen LogP contribution is 2.30. The van der Waals surface area contributed by atoms with Gasteiger partial charge in [0.05, 0.1) is 31.4 Å². The third-order valence-corrected chi connectivity index (χ3v) is 7.95. The van der Waals surface area contributed by atoms with Crippen molar-refractivity contribution in [3.05, 3.63) is 51.7 Å². The lowest BCUT2D eigenvalue weighted by Gasteiger charge is -2.34. The number of likely N-dealkylation sites (tertiary alicyclic amines) is 1. The number of methoxy groups -OCH3 is 1. The minimum Gasteiger partial charge on any atom is -0.382 e. The Kier molecular flexibility index (Phi) is 11.0. The molecule has 4 rings (SSSR count). The van der Waals surface area contributed by atoms with Crippen LogP contribution in [-0.2, 0) is 25.5 Å². The fourth-order valence-corrected chi connectivity index (χ4v) is 5.65. The Balaban J connectivity index is 1.16. The molecule has 38 heavy (non-hydrogen) atoms. The Morgan fingerprint density at radius 2 is 1.63 bits per heavy atom. The molecular weight excluding hydrogens is 511 g/mol. The summed E-state index contributed by atoms with van der Waals surface area (Å²) in [4.78, 5) is 36.2. The summed E-state index contributed by atoms with van der Waals surface area (Å²) in [7, 11) is 1.62. The van der Waals surface area contributed by atoms with Gasteiger partial charge in [-0.3, -0.25) is 14.5 Å². The van der Waals surface area contributed by atoms with Crippen LogP contribution in [0.5, 0.6) is 0 Å². The monoisotopic (exact) mass is 548 g/mol. The van der Waals surface area contributed by atoms with E-state index in [9.17, 15) is 14.0 Å². The van der Waals surface area contributed by atoms with Crippen molar-refractivity contribution in [2.45, 2.75) is 25.3 Å². The maximum atomic E-state index is 13.1. The van der Waals surface area contributed by atoms with Crippen molar-refractivity contribution in [3.8, 4) is 0 Å². The van der Waals surface area contributed by atoms with Gasteiger partial charge < -0.3 is 24.0 Å². The number of hydrogen-bond donors (Lipinski definition) is 0. The molecular formula is C27H37FN4O5S. The predicted octanol–water partition coefficient (Wildman–Crippen LogP) is 2.63. The van der Waals surface area contributed by atoms with Crippen LogP contribution in [0.1, 0.15) is 39.8 Å². The summed E-state index contributed by atoms with van der Waals surface area (Å²) in [5.74, 6) is -0.000893. The second-order valence-corrected chi connectivity index (χ2v) is 10.5. The molecule has 0 unspecified atom stereocenters. The van der Waals surface area contributed by atoms with Gasteiger partial charge in [-0.15, -0.1) is 11.3 Å². The molecule has 9 nitrogen and oxygen atoms in total. The molecule has 0 spiro atoms.